The number of piperazine rings is 1. The fourth-order valence-electron chi connectivity index (χ4n) is 4.29. The first-order valence-electron chi connectivity index (χ1n) is 11.4. The summed E-state index contributed by atoms with van der Waals surface area (Å²) < 4.78 is 14.2. The molecule has 7 nitrogen and oxygen atoms in total. The molecule has 36 heavy (non-hydrogen) atoms. The number of hydrogen-bond donors (Lipinski definition) is 2. The second-order valence-electron chi connectivity index (χ2n) is 8.50. The van der Waals surface area contributed by atoms with Gasteiger partial charge in [0, 0.05) is 43.3 Å². The number of hydrogen-bond acceptors (Lipinski definition) is 4. The van der Waals surface area contributed by atoms with Gasteiger partial charge in [-0.2, -0.15) is 5.10 Å². The predicted molar refractivity (Wildman–Crippen MR) is 138 cm³/mol. The first-order valence-corrected chi connectivity index (χ1v) is 12.2. The van der Waals surface area contributed by atoms with Crippen molar-refractivity contribution in [2.45, 2.75) is 6.54 Å². The summed E-state index contributed by atoms with van der Waals surface area (Å²) in [6, 6.07) is 16.8. The van der Waals surface area contributed by atoms with Crippen LogP contribution in [0.2, 0.25) is 10.0 Å². The molecule has 2 amide bonds. The van der Waals surface area contributed by atoms with Crippen LogP contribution >= 0.6 is 23.2 Å². The van der Waals surface area contributed by atoms with E-state index in [1.54, 1.807) is 46.2 Å². The number of halogens is 3. The lowest BCUT2D eigenvalue weighted by atomic mass is 10.1. The molecular weight excluding hydrogens is 504 g/mol. The largest absolute Gasteiger partial charge is 0.364 e. The van der Waals surface area contributed by atoms with E-state index in [0.29, 0.717) is 70.6 Å². The first-order chi connectivity index (χ1) is 17.4. The van der Waals surface area contributed by atoms with E-state index in [1.807, 2.05) is 18.2 Å². The van der Waals surface area contributed by atoms with Gasteiger partial charge in [0.15, 0.2) is 5.82 Å². The zero-order valence-electron chi connectivity index (χ0n) is 19.1. The lowest BCUT2D eigenvalue weighted by Gasteiger charge is -2.35. The van der Waals surface area contributed by atoms with E-state index >= 15 is 0 Å². The van der Waals surface area contributed by atoms with Gasteiger partial charge in [-0.1, -0.05) is 41.4 Å². The lowest BCUT2D eigenvalue weighted by Crippen LogP contribution is -2.50. The Kier molecular flexibility index (Phi) is 6.80. The maximum absolute atomic E-state index is 14.2. The average Bonchev–Trinajstić information content (AvgIpc) is 3.31. The molecule has 0 radical (unpaired) electrons. The summed E-state index contributed by atoms with van der Waals surface area (Å²) in [5.41, 5.74) is 2.41. The Balaban J connectivity index is 1.21. The van der Waals surface area contributed by atoms with Gasteiger partial charge < -0.3 is 15.1 Å². The number of amides is 2. The third-order valence-electron chi connectivity index (χ3n) is 6.19. The van der Waals surface area contributed by atoms with E-state index in [2.05, 4.69) is 15.5 Å². The lowest BCUT2D eigenvalue weighted by molar-refractivity contribution is 0.0535. The summed E-state index contributed by atoms with van der Waals surface area (Å²) in [5, 5.41) is 11.3. The molecule has 0 aliphatic carbocycles. The molecule has 1 aliphatic heterocycles. The topological polar surface area (TPSA) is 81.3 Å². The fraction of sp³-hybridized carbons (Fsp3) is 0.192. The van der Waals surface area contributed by atoms with Crippen LogP contribution in [0, 0.1) is 5.82 Å². The van der Waals surface area contributed by atoms with E-state index in [4.69, 9.17) is 23.2 Å². The van der Waals surface area contributed by atoms with Crippen molar-refractivity contribution in [2.75, 3.05) is 31.5 Å². The number of aromatic amines is 1. The fourth-order valence-corrected chi connectivity index (χ4v) is 4.78. The molecule has 0 spiro atoms. The van der Waals surface area contributed by atoms with Crippen LogP contribution in [0.1, 0.15) is 26.3 Å². The minimum Gasteiger partial charge on any atom is -0.364 e. The van der Waals surface area contributed by atoms with Gasteiger partial charge in [0.05, 0.1) is 21.5 Å². The van der Waals surface area contributed by atoms with Crippen LogP contribution < -0.4 is 5.32 Å². The van der Waals surface area contributed by atoms with Gasteiger partial charge in [-0.15, -0.1) is 0 Å². The first kappa shape index (κ1) is 24.1. The van der Waals surface area contributed by atoms with Gasteiger partial charge in [-0.3, -0.25) is 14.7 Å². The second-order valence-corrected chi connectivity index (χ2v) is 9.34. The van der Waals surface area contributed by atoms with Crippen LogP contribution in [0.5, 0.6) is 0 Å². The number of H-pyrrole nitrogens is 1. The van der Waals surface area contributed by atoms with Crippen molar-refractivity contribution in [1.29, 1.82) is 0 Å². The third kappa shape index (κ3) is 4.87. The second kappa shape index (κ2) is 10.2. The summed E-state index contributed by atoms with van der Waals surface area (Å²) >= 11 is 12.1. The SMILES string of the molecule is O=C(c1cccc(CNc2n[nH]c3cccc(F)c23)c1)N1CCN(C(=O)c2ccc(Cl)cc2Cl)CC1. The smallest absolute Gasteiger partial charge is 0.255 e. The molecule has 4 aromatic rings. The molecule has 0 unspecified atom stereocenters. The average molecular weight is 526 g/mol. The summed E-state index contributed by atoms with van der Waals surface area (Å²) in [7, 11) is 0. The van der Waals surface area contributed by atoms with Crippen LogP contribution in [0.15, 0.2) is 60.7 Å². The number of nitrogens with one attached hydrogen (secondary N) is 2. The maximum Gasteiger partial charge on any atom is 0.255 e. The van der Waals surface area contributed by atoms with Crippen molar-refractivity contribution in [1.82, 2.24) is 20.0 Å². The maximum atomic E-state index is 14.2. The normalized spacial score (nSPS) is 13.8. The minimum absolute atomic E-state index is 0.107. The number of rotatable bonds is 5. The number of carbonyl (C=O) groups is 2. The molecule has 184 valence electrons. The van der Waals surface area contributed by atoms with Crippen molar-refractivity contribution in [3.8, 4) is 0 Å². The molecule has 1 saturated heterocycles. The van der Waals surface area contributed by atoms with Crippen LogP contribution in [0.4, 0.5) is 10.2 Å². The molecule has 1 aliphatic rings. The molecule has 0 bridgehead atoms. The van der Waals surface area contributed by atoms with E-state index in [9.17, 15) is 14.0 Å². The minimum atomic E-state index is -0.358. The van der Waals surface area contributed by atoms with Crippen molar-refractivity contribution in [3.05, 3.63) is 93.2 Å². The summed E-state index contributed by atoms with van der Waals surface area (Å²) in [6.45, 7) is 2.01. The van der Waals surface area contributed by atoms with E-state index < -0.39 is 0 Å². The molecule has 0 saturated carbocycles. The summed E-state index contributed by atoms with van der Waals surface area (Å²) in [6.07, 6.45) is 0. The summed E-state index contributed by atoms with van der Waals surface area (Å²) in [4.78, 5) is 29.4. The molecule has 0 atom stereocenters. The number of aromatic nitrogens is 2. The van der Waals surface area contributed by atoms with E-state index in [1.165, 1.54) is 6.07 Å². The Morgan fingerprint density at radius 2 is 1.67 bits per heavy atom. The van der Waals surface area contributed by atoms with Gasteiger partial charge in [-0.25, -0.2) is 4.39 Å². The summed E-state index contributed by atoms with van der Waals surface area (Å²) in [5.74, 6) is -0.228. The molecule has 2 N–H and O–H groups in total. The van der Waals surface area contributed by atoms with Crippen LogP contribution in [0.3, 0.4) is 0 Å². The highest BCUT2D eigenvalue weighted by atomic mass is 35.5. The van der Waals surface area contributed by atoms with Crippen molar-refractivity contribution < 1.29 is 14.0 Å². The van der Waals surface area contributed by atoms with Crippen LogP contribution in [-0.4, -0.2) is 58.0 Å². The van der Waals surface area contributed by atoms with Gasteiger partial charge in [-0.05, 0) is 48.0 Å². The highest BCUT2D eigenvalue weighted by Gasteiger charge is 2.26. The Bertz CT molecular complexity index is 1450. The Hall–Kier alpha value is -3.62. The molecular formula is C26H22Cl2FN5O2. The number of anilines is 1. The van der Waals surface area contributed by atoms with Crippen LogP contribution in [0.25, 0.3) is 10.9 Å². The number of fused-ring (bicyclic) bond motifs is 1. The van der Waals surface area contributed by atoms with Crippen molar-refractivity contribution >= 4 is 51.7 Å². The molecule has 3 aromatic carbocycles. The predicted octanol–water partition coefficient (Wildman–Crippen LogP) is 5.22. The molecule has 10 heteroatoms. The quantitative estimate of drug-likeness (QED) is 0.374. The number of carbonyl (C=O) groups excluding carboxylic acids is 2. The molecule has 5 rings (SSSR count). The highest BCUT2D eigenvalue weighted by molar-refractivity contribution is 6.36. The van der Waals surface area contributed by atoms with E-state index in [0.717, 1.165) is 5.56 Å². The molecule has 1 aromatic heterocycles. The molecule has 1 fully saturated rings. The Morgan fingerprint density at radius 3 is 2.42 bits per heavy atom. The van der Waals surface area contributed by atoms with Crippen molar-refractivity contribution in [3.63, 3.8) is 0 Å². The van der Waals surface area contributed by atoms with Crippen molar-refractivity contribution in [2.24, 2.45) is 0 Å². The third-order valence-corrected chi connectivity index (χ3v) is 6.74. The Morgan fingerprint density at radius 1 is 0.944 bits per heavy atom. The van der Waals surface area contributed by atoms with Gasteiger partial charge >= 0.3 is 0 Å². The monoisotopic (exact) mass is 525 g/mol. The zero-order valence-corrected chi connectivity index (χ0v) is 20.6. The molecule has 2 heterocycles. The van der Waals surface area contributed by atoms with Gasteiger partial charge in [0.1, 0.15) is 5.82 Å². The van der Waals surface area contributed by atoms with Crippen LogP contribution in [-0.2, 0) is 6.54 Å². The number of benzene rings is 3. The van der Waals surface area contributed by atoms with E-state index in [-0.39, 0.29) is 17.6 Å². The Labute approximate surface area is 216 Å². The number of nitrogens with zero attached hydrogens (tertiary/aromatic N) is 3. The van der Waals surface area contributed by atoms with Gasteiger partial charge in [0.25, 0.3) is 11.8 Å². The van der Waals surface area contributed by atoms with Gasteiger partial charge in [0.2, 0.25) is 0 Å². The zero-order chi connectivity index (χ0) is 25.2. The standard InChI is InChI=1S/C26H22Cl2FN5O2/c27-18-7-8-19(20(28)14-18)26(36)34-11-9-33(10-12-34)25(35)17-4-1-3-16(13-17)15-30-24-23-21(29)5-2-6-22(23)31-32-24/h1-8,13-14H,9-12,15H2,(H2,30,31,32). The highest BCUT2D eigenvalue weighted by Crippen LogP contribution is 2.25.